The summed E-state index contributed by atoms with van der Waals surface area (Å²) < 4.78 is 11.3. The molecule has 0 unspecified atom stereocenters. The van der Waals surface area contributed by atoms with E-state index in [0.29, 0.717) is 17.9 Å². The highest BCUT2D eigenvalue weighted by atomic mass is 16.7. The molecule has 0 aliphatic carbocycles. The largest absolute Gasteiger partial charge is 0.497 e. The van der Waals surface area contributed by atoms with Crippen LogP contribution in [0, 0.1) is 0 Å². The molecule has 3 aromatic carbocycles. The van der Waals surface area contributed by atoms with E-state index < -0.39 is 0 Å². The zero-order valence-corrected chi connectivity index (χ0v) is 17.2. The zero-order chi connectivity index (χ0) is 20.9. The Kier molecular flexibility index (Phi) is 6.00. The van der Waals surface area contributed by atoms with Gasteiger partial charge in [0.2, 0.25) is 0 Å². The summed E-state index contributed by atoms with van der Waals surface area (Å²) in [6.45, 7) is 1.91. The van der Waals surface area contributed by atoms with Crippen LogP contribution in [0.3, 0.4) is 0 Å². The molecule has 5 heteroatoms. The van der Waals surface area contributed by atoms with Gasteiger partial charge in [-0.2, -0.15) is 0 Å². The monoisotopic (exact) mass is 403 g/mol. The quantitative estimate of drug-likeness (QED) is 0.506. The molecule has 1 heterocycles. The van der Waals surface area contributed by atoms with Crippen molar-refractivity contribution in [2.75, 3.05) is 18.8 Å². The number of carbonyl (C=O) groups is 1. The van der Waals surface area contributed by atoms with E-state index in [9.17, 15) is 4.79 Å². The number of benzene rings is 3. The molecule has 154 valence electrons. The molecule has 1 saturated heterocycles. The Bertz CT molecular complexity index is 988. The second kappa shape index (κ2) is 9.01. The first-order valence-corrected chi connectivity index (χ1v) is 10.0. The number of ether oxygens (including phenoxy) is 2. The predicted octanol–water partition coefficient (Wildman–Crippen LogP) is 5.23. The normalized spacial score (nSPS) is 18.3. The maximum absolute atomic E-state index is 11.9. The molecule has 4 rings (SSSR count). The molecule has 3 aromatic rings. The van der Waals surface area contributed by atoms with Gasteiger partial charge in [0.1, 0.15) is 24.2 Å². The second-order valence-electron chi connectivity index (χ2n) is 7.28. The highest BCUT2D eigenvalue weighted by molar-refractivity contribution is 5.96. The number of hydrogen-bond acceptors (Lipinski definition) is 5. The Hall–Kier alpha value is -3.31. The minimum absolute atomic E-state index is 0.0139. The van der Waals surface area contributed by atoms with Crippen molar-refractivity contribution in [2.45, 2.75) is 25.5 Å². The van der Waals surface area contributed by atoms with Crippen molar-refractivity contribution in [1.82, 2.24) is 0 Å². The molecular formula is C25H25NO4. The first-order chi connectivity index (χ1) is 14.7. The lowest BCUT2D eigenvalue weighted by atomic mass is 10.0. The van der Waals surface area contributed by atoms with Crippen LogP contribution in [0.25, 0.3) is 0 Å². The number of para-hydroxylation sites is 2. The topological polar surface area (TPSA) is 48.0 Å². The van der Waals surface area contributed by atoms with Gasteiger partial charge in [-0.3, -0.25) is 9.63 Å². The molecule has 2 atom stereocenters. The second-order valence-corrected chi connectivity index (χ2v) is 7.28. The number of ketones is 1. The van der Waals surface area contributed by atoms with Gasteiger partial charge in [0.05, 0.1) is 24.4 Å². The van der Waals surface area contributed by atoms with E-state index >= 15 is 0 Å². The van der Waals surface area contributed by atoms with E-state index in [4.69, 9.17) is 14.3 Å². The standard InChI is InChI=1S/C25H25NO4/c1-18(27)23-10-6-7-11-25(23)29-17-22-16-24(19-12-14-21(28-2)15-13-19)26(30-22)20-8-4-3-5-9-20/h3-15,22,24H,16-17H2,1-2H3/t22-,24-/m0/s1. The maximum Gasteiger partial charge on any atom is 0.163 e. The molecule has 0 N–H and O–H groups in total. The van der Waals surface area contributed by atoms with E-state index in [-0.39, 0.29) is 17.9 Å². The average molecular weight is 403 g/mol. The number of rotatable bonds is 7. The molecule has 0 saturated carbocycles. The maximum atomic E-state index is 11.9. The highest BCUT2D eigenvalue weighted by Gasteiger charge is 2.35. The van der Waals surface area contributed by atoms with Gasteiger partial charge in [-0.15, -0.1) is 0 Å². The molecular weight excluding hydrogens is 378 g/mol. The summed E-state index contributed by atoms with van der Waals surface area (Å²) in [5, 5.41) is 1.95. The van der Waals surface area contributed by atoms with Gasteiger partial charge in [-0.25, -0.2) is 5.06 Å². The van der Waals surface area contributed by atoms with Crippen LogP contribution in [0.2, 0.25) is 0 Å². The summed E-state index contributed by atoms with van der Waals surface area (Å²) in [6, 6.07) is 25.5. The first kappa shape index (κ1) is 20.0. The van der Waals surface area contributed by atoms with Crippen LogP contribution >= 0.6 is 0 Å². The summed E-state index contributed by atoms with van der Waals surface area (Å²) >= 11 is 0. The number of hydrogen-bond donors (Lipinski definition) is 0. The first-order valence-electron chi connectivity index (χ1n) is 10.0. The van der Waals surface area contributed by atoms with Crippen LogP contribution in [0.1, 0.15) is 35.3 Å². The smallest absolute Gasteiger partial charge is 0.163 e. The van der Waals surface area contributed by atoms with Crippen LogP contribution in [-0.2, 0) is 4.84 Å². The molecule has 0 aromatic heterocycles. The predicted molar refractivity (Wildman–Crippen MR) is 116 cm³/mol. The van der Waals surface area contributed by atoms with Crippen molar-refractivity contribution >= 4 is 11.5 Å². The van der Waals surface area contributed by atoms with Crippen molar-refractivity contribution in [1.29, 1.82) is 0 Å². The Balaban J connectivity index is 1.54. The fraction of sp³-hybridized carbons (Fsp3) is 0.240. The summed E-state index contributed by atoms with van der Waals surface area (Å²) in [4.78, 5) is 18.1. The number of hydroxylamine groups is 1. The van der Waals surface area contributed by atoms with Crippen molar-refractivity contribution < 1.29 is 19.1 Å². The fourth-order valence-electron chi connectivity index (χ4n) is 3.70. The molecule has 1 aliphatic rings. The van der Waals surface area contributed by atoms with Crippen molar-refractivity contribution in [2.24, 2.45) is 0 Å². The molecule has 30 heavy (non-hydrogen) atoms. The lowest BCUT2D eigenvalue weighted by Crippen LogP contribution is -2.24. The van der Waals surface area contributed by atoms with Gasteiger partial charge in [0.25, 0.3) is 0 Å². The van der Waals surface area contributed by atoms with Gasteiger partial charge < -0.3 is 9.47 Å². The Morgan fingerprint density at radius 2 is 1.70 bits per heavy atom. The third kappa shape index (κ3) is 4.31. The lowest BCUT2D eigenvalue weighted by molar-refractivity contribution is 0.0479. The summed E-state index contributed by atoms with van der Waals surface area (Å²) in [6.07, 6.45) is 0.626. The van der Waals surface area contributed by atoms with Crippen molar-refractivity contribution in [3.05, 3.63) is 90.0 Å². The minimum Gasteiger partial charge on any atom is -0.497 e. The van der Waals surface area contributed by atoms with E-state index in [1.165, 1.54) is 0 Å². The van der Waals surface area contributed by atoms with Crippen molar-refractivity contribution in [3.63, 3.8) is 0 Å². The third-order valence-corrected chi connectivity index (χ3v) is 5.23. The number of Topliss-reactive ketones (excluding diaryl/α,β-unsaturated/α-hetero) is 1. The highest BCUT2D eigenvalue weighted by Crippen LogP contribution is 2.38. The van der Waals surface area contributed by atoms with Crippen LogP contribution in [-0.4, -0.2) is 25.6 Å². The number of methoxy groups -OCH3 is 1. The summed E-state index contributed by atoms with van der Waals surface area (Å²) in [5.41, 5.74) is 2.72. The minimum atomic E-state index is -0.141. The molecule has 0 spiro atoms. The summed E-state index contributed by atoms with van der Waals surface area (Å²) in [5.74, 6) is 1.40. The Morgan fingerprint density at radius 3 is 2.40 bits per heavy atom. The van der Waals surface area contributed by atoms with Crippen LogP contribution in [0.4, 0.5) is 5.69 Å². The van der Waals surface area contributed by atoms with Crippen molar-refractivity contribution in [3.8, 4) is 11.5 Å². The lowest BCUT2D eigenvalue weighted by Gasteiger charge is -2.25. The summed E-state index contributed by atoms with van der Waals surface area (Å²) in [7, 11) is 1.66. The number of anilines is 1. The van der Waals surface area contributed by atoms with E-state index in [1.807, 2.05) is 65.7 Å². The van der Waals surface area contributed by atoms with Crippen LogP contribution < -0.4 is 14.5 Å². The Morgan fingerprint density at radius 1 is 1.00 bits per heavy atom. The van der Waals surface area contributed by atoms with E-state index in [0.717, 1.165) is 23.4 Å². The molecule has 0 radical (unpaired) electrons. The van der Waals surface area contributed by atoms with E-state index in [2.05, 4.69) is 12.1 Å². The van der Waals surface area contributed by atoms with Gasteiger partial charge >= 0.3 is 0 Å². The van der Waals surface area contributed by atoms with Gasteiger partial charge in [0.15, 0.2) is 5.78 Å². The molecule has 0 bridgehead atoms. The SMILES string of the molecule is COc1ccc([C@@H]2C[C@@H](COc3ccccc3C(C)=O)ON2c2ccccc2)cc1. The average Bonchev–Trinajstić information content (AvgIpc) is 3.23. The van der Waals surface area contributed by atoms with Gasteiger partial charge in [0, 0.05) is 6.42 Å². The zero-order valence-electron chi connectivity index (χ0n) is 17.2. The number of carbonyl (C=O) groups excluding carboxylic acids is 1. The molecule has 5 nitrogen and oxygen atoms in total. The third-order valence-electron chi connectivity index (χ3n) is 5.23. The van der Waals surface area contributed by atoms with Gasteiger partial charge in [-0.1, -0.05) is 42.5 Å². The Labute approximate surface area is 176 Å². The van der Waals surface area contributed by atoms with Crippen LogP contribution in [0.15, 0.2) is 78.9 Å². The number of nitrogens with zero attached hydrogens (tertiary/aromatic N) is 1. The van der Waals surface area contributed by atoms with Gasteiger partial charge in [-0.05, 0) is 48.9 Å². The molecule has 1 fully saturated rings. The van der Waals surface area contributed by atoms with Crippen LogP contribution in [0.5, 0.6) is 11.5 Å². The van der Waals surface area contributed by atoms with E-state index in [1.54, 1.807) is 20.1 Å². The molecule has 0 amide bonds. The fourth-order valence-corrected chi connectivity index (χ4v) is 3.70. The molecule has 1 aliphatic heterocycles.